The fourth-order valence-corrected chi connectivity index (χ4v) is 4.68. The zero-order valence-electron chi connectivity index (χ0n) is 17.3. The second-order valence-electron chi connectivity index (χ2n) is 7.50. The van der Waals surface area contributed by atoms with E-state index in [0.29, 0.717) is 5.76 Å². The Kier molecular flexibility index (Phi) is 5.00. The number of thiophene rings is 1. The number of benzene rings is 1. The van der Waals surface area contributed by atoms with Crippen LogP contribution in [0.1, 0.15) is 25.6 Å². The summed E-state index contributed by atoms with van der Waals surface area (Å²) >= 11 is 7.73. The molecule has 0 aliphatic heterocycles. The first-order chi connectivity index (χ1) is 15.0. The number of para-hydroxylation sites is 1. The molecule has 0 bridgehead atoms. The maximum absolute atomic E-state index is 6.19. The standard InChI is InChI=1S/C23H20ClN5OS/c1-13(2)29-18-6-4-5-16(21(18)28-23(29)19-9-10-20(24)31-19)27-15-7-8-17(25-11-15)22-14(3)26-12-30-22/h4-13,27H,1-3H3. The van der Waals surface area contributed by atoms with E-state index in [0.717, 1.165) is 48.8 Å². The molecule has 4 heterocycles. The highest BCUT2D eigenvalue weighted by molar-refractivity contribution is 7.19. The molecule has 5 aromatic rings. The number of aryl methyl sites for hydroxylation is 1. The molecule has 156 valence electrons. The van der Waals surface area contributed by atoms with E-state index < -0.39 is 0 Å². The Bertz CT molecular complexity index is 1370. The third-order valence-corrected chi connectivity index (χ3v) is 6.28. The molecule has 0 radical (unpaired) electrons. The van der Waals surface area contributed by atoms with Gasteiger partial charge in [-0.3, -0.25) is 4.98 Å². The van der Waals surface area contributed by atoms with Gasteiger partial charge in [0, 0.05) is 6.04 Å². The van der Waals surface area contributed by atoms with Gasteiger partial charge in [-0.2, -0.15) is 0 Å². The van der Waals surface area contributed by atoms with Crippen molar-refractivity contribution < 1.29 is 4.42 Å². The normalized spacial score (nSPS) is 11.5. The molecule has 6 nitrogen and oxygen atoms in total. The average molecular weight is 450 g/mol. The number of halogens is 1. The lowest BCUT2D eigenvalue weighted by Crippen LogP contribution is -2.02. The largest absolute Gasteiger partial charge is 0.442 e. The highest BCUT2D eigenvalue weighted by Gasteiger charge is 2.18. The van der Waals surface area contributed by atoms with Gasteiger partial charge in [-0.25, -0.2) is 9.97 Å². The van der Waals surface area contributed by atoms with Crippen molar-refractivity contribution >= 4 is 45.3 Å². The molecule has 0 aliphatic rings. The van der Waals surface area contributed by atoms with Gasteiger partial charge in [-0.15, -0.1) is 11.3 Å². The van der Waals surface area contributed by atoms with E-state index in [9.17, 15) is 0 Å². The number of anilines is 2. The molecular formula is C23H20ClN5OS. The van der Waals surface area contributed by atoms with Crippen LogP contribution >= 0.6 is 22.9 Å². The molecule has 1 aromatic carbocycles. The Labute approximate surface area is 188 Å². The first-order valence-electron chi connectivity index (χ1n) is 9.91. The molecule has 1 N–H and O–H groups in total. The summed E-state index contributed by atoms with van der Waals surface area (Å²) in [4.78, 5) is 14.7. The summed E-state index contributed by atoms with van der Waals surface area (Å²) in [5.74, 6) is 1.61. The van der Waals surface area contributed by atoms with Crippen LogP contribution in [-0.2, 0) is 0 Å². The summed E-state index contributed by atoms with van der Waals surface area (Å²) in [6.07, 6.45) is 3.22. The Morgan fingerprint density at radius 2 is 1.97 bits per heavy atom. The third-order valence-electron chi connectivity index (χ3n) is 5.05. The molecule has 0 amide bonds. The van der Waals surface area contributed by atoms with E-state index in [-0.39, 0.29) is 6.04 Å². The number of nitrogens with zero attached hydrogens (tertiary/aromatic N) is 4. The average Bonchev–Trinajstić information content (AvgIpc) is 3.47. The maximum Gasteiger partial charge on any atom is 0.181 e. The number of hydrogen-bond acceptors (Lipinski definition) is 6. The van der Waals surface area contributed by atoms with E-state index >= 15 is 0 Å². The van der Waals surface area contributed by atoms with Crippen molar-refractivity contribution in [3.8, 4) is 22.2 Å². The Morgan fingerprint density at radius 3 is 2.61 bits per heavy atom. The van der Waals surface area contributed by atoms with Crippen LogP contribution in [0.5, 0.6) is 0 Å². The summed E-state index contributed by atoms with van der Waals surface area (Å²) in [6, 6.07) is 14.2. The molecule has 0 atom stereocenters. The van der Waals surface area contributed by atoms with Crippen molar-refractivity contribution in [1.82, 2.24) is 19.5 Å². The van der Waals surface area contributed by atoms with Crippen molar-refractivity contribution in [3.63, 3.8) is 0 Å². The highest BCUT2D eigenvalue weighted by atomic mass is 35.5. The molecular weight excluding hydrogens is 430 g/mol. The SMILES string of the molecule is Cc1ncoc1-c1ccc(Nc2cccc3c2nc(-c2ccc(Cl)s2)n3C(C)C)cn1. The van der Waals surface area contributed by atoms with Crippen LogP contribution in [0.2, 0.25) is 4.34 Å². The fraction of sp³-hybridized carbons (Fsp3) is 0.174. The molecule has 0 saturated heterocycles. The molecule has 8 heteroatoms. The minimum Gasteiger partial charge on any atom is -0.442 e. The first kappa shape index (κ1) is 19.8. The van der Waals surface area contributed by atoms with Gasteiger partial charge in [0.15, 0.2) is 18.0 Å². The number of rotatable bonds is 5. The summed E-state index contributed by atoms with van der Waals surface area (Å²) in [5, 5.41) is 3.46. The van der Waals surface area contributed by atoms with Crippen molar-refractivity contribution in [1.29, 1.82) is 0 Å². The minimum absolute atomic E-state index is 0.252. The number of fused-ring (bicyclic) bond motifs is 1. The topological polar surface area (TPSA) is 68.8 Å². The van der Waals surface area contributed by atoms with Crippen LogP contribution < -0.4 is 5.32 Å². The van der Waals surface area contributed by atoms with Gasteiger partial charge >= 0.3 is 0 Å². The van der Waals surface area contributed by atoms with Crippen molar-refractivity contribution in [2.24, 2.45) is 0 Å². The van der Waals surface area contributed by atoms with E-state index in [4.69, 9.17) is 21.0 Å². The lowest BCUT2D eigenvalue weighted by Gasteiger charge is -2.12. The van der Waals surface area contributed by atoms with Crippen LogP contribution in [0.25, 0.3) is 33.2 Å². The predicted octanol–water partition coefficient (Wildman–Crippen LogP) is 7.10. The molecule has 0 fully saturated rings. The Balaban J connectivity index is 1.54. The molecule has 0 saturated carbocycles. The molecule has 4 aromatic heterocycles. The fourth-order valence-electron chi connectivity index (χ4n) is 3.65. The van der Waals surface area contributed by atoms with Crippen LogP contribution in [-0.4, -0.2) is 19.5 Å². The highest BCUT2D eigenvalue weighted by Crippen LogP contribution is 2.37. The number of hydrogen-bond donors (Lipinski definition) is 1. The third kappa shape index (κ3) is 3.60. The van der Waals surface area contributed by atoms with Crippen molar-refractivity contribution in [2.45, 2.75) is 26.8 Å². The number of nitrogens with one attached hydrogen (secondary N) is 1. The van der Waals surface area contributed by atoms with Gasteiger partial charge in [0.1, 0.15) is 11.2 Å². The number of oxazole rings is 1. The van der Waals surface area contributed by atoms with E-state index in [1.807, 2.05) is 43.3 Å². The molecule has 5 rings (SSSR count). The van der Waals surface area contributed by atoms with Gasteiger partial charge in [0.05, 0.1) is 38.0 Å². The van der Waals surface area contributed by atoms with E-state index in [1.54, 1.807) is 6.20 Å². The summed E-state index contributed by atoms with van der Waals surface area (Å²) in [7, 11) is 0. The lowest BCUT2D eigenvalue weighted by atomic mass is 10.2. The lowest BCUT2D eigenvalue weighted by molar-refractivity contribution is 0.569. The smallest absolute Gasteiger partial charge is 0.181 e. The zero-order chi connectivity index (χ0) is 21.5. The second kappa shape index (κ2) is 7.83. The summed E-state index contributed by atoms with van der Waals surface area (Å²) < 4.78 is 8.43. The number of pyridine rings is 1. The molecule has 31 heavy (non-hydrogen) atoms. The van der Waals surface area contributed by atoms with Crippen LogP contribution in [0.4, 0.5) is 11.4 Å². The van der Waals surface area contributed by atoms with Crippen molar-refractivity contribution in [2.75, 3.05) is 5.32 Å². The van der Waals surface area contributed by atoms with Crippen LogP contribution in [0, 0.1) is 6.92 Å². The van der Waals surface area contributed by atoms with Crippen molar-refractivity contribution in [3.05, 3.63) is 65.1 Å². The monoisotopic (exact) mass is 449 g/mol. The maximum atomic E-state index is 6.19. The zero-order valence-corrected chi connectivity index (χ0v) is 18.8. The molecule has 0 aliphatic carbocycles. The Morgan fingerprint density at radius 1 is 1.10 bits per heavy atom. The van der Waals surface area contributed by atoms with E-state index in [2.05, 4.69) is 39.8 Å². The van der Waals surface area contributed by atoms with Gasteiger partial charge in [-0.1, -0.05) is 17.7 Å². The van der Waals surface area contributed by atoms with Gasteiger partial charge in [-0.05, 0) is 57.2 Å². The molecule has 0 spiro atoms. The van der Waals surface area contributed by atoms with Gasteiger partial charge < -0.3 is 14.3 Å². The quantitative estimate of drug-likeness (QED) is 0.310. The minimum atomic E-state index is 0.252. The van der Waals surface area contributed by atoms with Gasteiger partial charge in [0.25, 0.3) is 0 Å². The summed E-state index contributed by atoms with van der Waals surface area (Å²) in [6.45, 7) is 6.22. The van der Waals surface area contributed by atoms with E-state index in [1.165, 1.54) is 17.7 Å². The second-order valence-corrected chi connectivity index (χ2v) is 9.22. The molecule has 0 unspecified atom stereocenters. The van der Waals surface area contributed by atoms with Crippen LogP contribution in [0.15, 0.2) is 59.5 Å². The summed E-state index contributed by atoms with van der Waals surface area (Å²) in [5.41, 5.74) is 5.34. The number of imidazole rings is 1. The Hall–Kier alpha value is -3.16. The number of aromatic nitrogens is 4. The van der Waals surface area contributed by atoms with Crippen LogP contribution in [0.3, 0.4) is 0 Å². The first-order valence-corrected chi connectivity index (χ1v) is 11.1. The van der Waals surface area contributed by atoms with Gasteiger partial charge in [0.2, 0.25) is 0 Å². The predicted molar refractivity (Wildman–Crippen MR) is 126 cm³/mol.